The second kappa shape index (κ2) is 47.9. The van der Waals surface area contributed by atoms with Gasteiger partial charge < -0.3 is 35.0 Å². The van der Waals surface area contributed by atoms with Gasteiger partial charge in [-0.25, -0.2) is 63.9 Å². The number of hydrogen-bond donors (Lipinski definition) is 5. The van der Waals surface area contributed by atoms with Crippen LogP contribution in [0.15, 0.2) is 114 Å². The van der Waals surface area contributed by atoms with E-state index in [0.29, 0.717) is 41.6 Å². The van der Waals surface area contributed by atoms with E-state index in [-0.39, 0.29) is 89.3 Å². The van der Waals surface area contributed by atoms with E-state index in [1.807, 2.05) is 6.07 Å². The number of carboxylic acid groups (broad SMARTS) is 4. The predicted molar refractivity (Wildman–Crippen MR) is 409 cm³/mol. The Bertz CT molecular complexity index is 5370. The molecule has 0 saturated carbocycles. The number of ether oxygens (including phenoxy) is 2. The lowest BCUT2D eigenvalue weighted by Gasteiger charge is -2.09. The number of esters is 2. The van der Waals surface area contributed by atoms with Crippen LogP contribution in [0.5, 0.6) is 0 Å². The van der Waals surface area contributed by atoms with Crippen molar-refractivity contribution in [1.82, 2.24) is 0 Å². The van der Waals surface area contributed by atoms with Crippen molar-refractivity contribution in [3.8, 4) is 0 Å². The number of rotatable bonds is 23. The third kappa shape index (κ3) is 31.6. The lowest BCUT2D eigenvalue weighted by molar-refractivity contribution is -0.385. The Morgan fingerprint density at radius 3 is 0.959 bits per heavy atom. The van der Waals surface area contributed by atoms with E-state index in [1.165, 1.54) is 60.8 Å². The first-order valence-corrected chi connectivity index (χ1v) is 35.3. The molecule has 648 valence electrons. The van der Waals surface area contributed by atoms with E-state index in [4.69, 9.17) is 25.5 Å². The molecular weight excluding hydrogens is 1730 g/mol. The second-order valence-electron chi connectivity index (χ2n) is 24.0. The molecule has 47 heteroatoms. The van der Waals surface area contributed by atoms with E-state index in [9.17, 15) is 147 Å². The van der Waals surface area contributed by atoms with Gasteiger partial charge in [0.1, 0.15) is 18.9 Å². The number of methoxy groups -OCH3 is 2. The molecule has 0 aliphatic heterocycles. The Balaban J connectivity index is 0.000000694. The maximum atomic E-state index is 12.6. The van der Waals surface area contributed by atoms with Crippen LogP contribution in [0.3, 0.4) is 0 Å². The number of nitrogens with zero attached hydrogens (tertiary/aromatic N) is 6. The minimum absolute atomic E-state index is 0.00579. The first-order chi connectivity index (χ1) is 56.0. The van der Waals surface area contributed by atoms with Crippen molar-refractivity contribution >= 4 is 115 Å². The molecule has 0 heterocycles. The maximum absolute atomic E-state index is 12.6. The van der Waals surface area contributed by atoms with Gasteiger partial charge in [0.25, 0.3) is 69.9 Å². The zero-order valence-electron chi connectivity index (χ0n) is 64.2. The maximum Gasteiger partial charge on any atom is 0.338 e. The van der Waals surface area contributed by atoms with Crippen LogP contribution in [-0.2, 0) is 37.0 Å². The van der Waals surface area contributed by atoms with Crippen LogP contribution < -0.4 is 0 Å². The fraction of sp³-hybridized carbons (Fsp3) is 0.230. The second-order valence-corrected chi connectivity index (χ2v) is 26.5. The van der Waals surface area contributed by atoms with Crippen LogP contribution in [-0.4, -0.2) is 139 Å². The van der Waals surface area contributed by atoms with E-state index < -0.39 is 165 Å². The molecule has 8 rings (SSSR count). The summed E-state index contributed by atoms with van der Waals surface area (Å²) in [5.74, 6) is -6.24. The van der Waals surface area contributed by atoms with Gasteiger partial charge in [-0.1, -0.05) is 34.1 Å². The van der Waals surface area contributed by atoms with Gasteiger partial charge in [-0.15, -0.1) is 0 Å². The zero-order chi connectivity index (χ0) is 93.4. The third-order valence-corrected chi connectivity index (χ3v) is 17.1. The number of aliphatic hydroxyl groups is 1. The van der Waals surface area contributed by atoms with Crippen LogP contribution in [0, 0.1) is 116 Å². The first kappa shape index (κ1) is 105. The molecule has 37 nitrogen and oxygen atoms in total. The van der Waals surface area contributed by atoms with Crippen molar-refractivity contribution in [3.05, 3.63) is 302 Å². The molecule has 0 unspecified atom stereocenters. The highest BCUT2D eigenvalue weighted by molar-refractivity contribution is 9.10. The van der Waals surface area contributed by atoms with E-state index in [0.717, 1.165) is 84.1 Å². The Labute approximate surface area is 684 Å². The minimum Gasteiger partial charge on any atom is -0.478 e. The smallest absolute Gasteiger partial charge is 0.338 e. The molecule has 0 fully saturated rings. The molecule has 0 atom stereocenters. The lowest BCUT2D eigenvalue weighted by atomic mass is 10.0. The van der Waals surface area contributed by atoms with E-state index in [1.54, 1.807) is 38.1 Å². The number of benzene rings is 8. The van der Waals surface area contributed by atoms with Crippen LogP contribution in [0.25, 0.3) is 0 Å². The number of aryl methyl sites for hydroxylation is 2. The number of nitro groups is 6. The average molecular weight is 1800 g/mol. The normalized spacial score (nSPS) is 10.3. The Hall–Kier alpha value is -14.2. The Morgan fingerprint density at radius 2 is 0.653 bits per heavy atom. The van der Waals surface area contributed by atoms with E-state index in [2.05, 4.69) is 29.6 Å². The van der Waals surface area contributed by atoms with Crippen molar-refractivity contribution in [1.29, 1.82) is 0 Å². The molecule has 121 heavy (non-hydrogen) atoms. The highest BCUT2D eigenvalue weighted by Gasteiger charge is 2.28. The molecule has 0 spiro atoms. The highest BCUT2D eigenvalue weighted by atomic mass is 79.9. The molecule has 0 saturated heterocycles. The van der Waals surface area contributed by atoms with Crippen LogP contribution in [0.2, 0.25) is 0 Å². The van der Waals surface area contributed by atoms with Crippen LogP contribution in [0.1, 0.15) is 197 Å². The summed E-state index contributed by atoms with van der Waals surface area (Å²) in [6.45, 7) is 10.5. The topological polar surface area (TPSA) is 575 Å². The highest BCUT2D eigenvalue weighted by Crippen LogP contribution is 2.35. The summed E-state index contributed by atoms with van der Waals surface area (Å²) in [6, 6.07) is 21.1. The molecule has 0 amide bonds. The molecule has 0 bridgehead atoms. The number of aromatic carboxylic acids is 4. The SMILES string of the molecule is COC(=O)c1cc(C(F)F)cc([N+](=O)[O-])c1C.COC(=O)c1cc(C=O)cc([N+](=O)[O-])c1C.Cc1c(C(=O)O)cc(C(F)F)cc1[N+](=O)[O-].Cc1c(C(=O)O)cc(C=O)cc1[N+](=O)[O-].Cc1c(CO)cc(C(F)F)cc1[N+](=O)[O-].Cc1c(COS(C)(=O)=O)cc(C(F)F)cc1[N+](=O)[O-].Cc1ccc(Br)cc1C(=O)O.Cc1ccc(C=O)cc1C(=O)O. The van der Waals surface area contributed by atoms with Gasteiger partial charge in [0, 0.05) is 113 Å². The van der Waals surface area contributed by atoms with Gasteiger partial charge in [-0.05, 0) is 132 Å². The third-order valence-electron chi connectivity index (χ3n) is 16.0. The number of nitro benzene ring substituents is 6. The summed E-state index contributed by atoms with van der Waals surface area (Å²) in [5.41, 5.74) is -2.84. The van der Waals surface area contributed by atoms with Gasteiger partial charge in [0.05, 0.1) is 96.6 Å². The molecule has 0 aromatic heterocycles. The molecule has 8 aromatic carbocycles. The molecular formula is C74H67BrF8N6O31S. The number of halogens is 9. The number of hydrogen-bond acceptors (Lipinski definition) is 27. The molecule has 8 aromatic rings. The number of aldehydes is 3. The average Bonchev–Trinajstić information content (AvgIpc) is 0.827. The van der Waals surface area contributed by atoms with Crippen molar-refractivity contribution < 1.29 is 155 Å². The fourth-order valence-electron chi connectivity index (χ4n) is 9.56. The number of alkyl halides is 8. The van der Waals surface area contributed by atoms with Gasteiger partial charge in [-0.2, -0.15) is 8.42 Å². The van der Waals surface area contributed by atoms with Gasteiger partial charge >= 0.3 is 35.8 Å². The number of aliphatic hydroxyl groups excluding tert-OH is 1. The van der Waals surface area contributed by atoms with E-state index >= 15 is 0 Å². The van der Waals surface area contributed by atoms with Gasteiger partial charge in [-0.3, -0.25) is 79.3 Å². The summed E-state index contributed by atoms with van der Waals surface area (Å²) >= 11 is 3.20. The van der Waals surface area contributed by atoms with Crippen LogP contribution in [0.4, 0.5) is 69.2 Å². The largest absolute Gasteiger partial charge is 0.478 e. The Kier molecular flexibility index (Phi) is 41.4. The number of carbonyl (C=O) groups is 9. The first-order valence-electron chi connectivity index (χ1n) is 32.7. The Morgan fingerprint density at radius 1 is 0.388 bits per heavy atom. The monoisotopic (exact) mass is 1800 g/mol. The summed E-state index contributed by atoms with van der Waals surface area (Å²) in [5, 5.41) is 107. The zero-order valence-corrected chi connectivity index (χ0v) is 66.6. The van der Waals surface area contributed by atoms with Crippen molar-refractivity contribution in [2.24, 2.45) is 0 Å². The van der Waals surface area contributed by atoms with Crippen LogP contribution >= 0.6 is 15.9 Å². The van der Waals surface area contributed by atoms with Gasteiger partial charge in [0.15, 0.2) is 0 Å². The number of carbonyl (C=O) groups excluding carboxylic acids is 5. The molecule has 0 aliphatic rings. The van der Waals surface area contributed by atoms with Gasteiger partial charge in [0.2, 0.25) is 0 Å². The lowest BCUT2D eigenvalue weighted by Crippen LogP contribution is -2.07. The van der Waals surface area contributed by atoms with Crippen molar-refractivity contribution in [2.45, 2.75) is 94.3 Å². The quantitative estimate of drug-likeness (QED) is 0.00991. The minimum atomic E-state index is -3.76. The summed E-state index contributed by atoms with van der Waals surface area (Å²) in [7, 11) is -1.52. The standard InChI is InChI=1S/C10H11F2NO5S.C10H9F2NO4.C10H9NO5.C9H7F2NO4.C9H9F2NO3.C9H7NO5.C9H8O3.C8H7BrO2/c1-6-8(5-18-19(2,16)17)3-7(10(11)12)4-9(6)13(14)15;1-5-7(10(14)17-2)3-6(9(11)12)4-8(5)13(15)16;1-6-8(10(13)16-2)3-7(5-12)4-9(6)11(14)15;1-4-6(9(13)14)2-5(8(10)11)3-7(4)12(15)16;1-5-7(4-13)2-6(9(10)11)3-8(5)12(14)15;1-5-7(9(12)13)2-6(4-11)3-8(5)10(14)15;1-6-2-3-7(5-10)4-8(6)9(11)12;1-5-2-3-6(9)4-7(5)8(10)11/h3-4,10H,5H2,1-2H3;3-4,9H,1-2H3;3-5H,1-2H3;2-3,8H,1H3,(H,13,14);2-3,9,13H,4H2,1H3;2-4H,1H3,(H,12,13);2-5H,1H3,(H,11,12);2-4H,1H3,(H,10,11). The number of carboxylic acids is 4. The molecule has 0 aliphatic carbocycles. The molecule has 5 N–H and O–H groups in total. The van der Waals surface area contributed by atoms with Crippen molar-refractivity contribution in [3.63, 3.8) is 0 Å². The summed E-state index contributed by atoms with van der Waals surface area (Å²) in [4.78, 5) is 156. The summed E-state index contributed by atoms with van der Waals surface area (Å²) in [6.07, 6.45) is -9.27. The molecule has 0 radical (unpaired) electrons. The predicted octanol–water partition coefficient (Wildman–Crippen LogP) is 16.7. The fourth-order valence-corrected chi connectivity index (χ4v) is 10.3. The summed E-state index contributed by atoms with van der Waals surface area (Å²) < 4.78 is 136. The van der Waals surface area contributed by atoms with Crippen molar-refractivity contribution in [2.75, 3.05) is 20.5 Å².